The molecule has 0 radical (unpaired) electrons. The molecule has 2 N–H and O–H groups in total. The average molecular weight is 367 g/mol. The van der Waals surface area contributed by atoms with E-state index in [0.717, 1.165) is 5.56 Å². The number of hydrogen-bond donors (Lipinski definition) is 2. The van der Waals surface area contributed by atoms with E-state index in [1.165, 1.54) is 6.07 Å². The molecule has 0 saturated carbocycles. The maximum absolute atomic E-state index is 12.4. The summed E-state index contributed by atoms with van der Waals surface area (Å²) in [5, 5.41) is 12.2. The van der Waals surface area contributed by atoms with Crippen LogP contribution in [0, 0.1) is 0 Å². The molecule has 0 aliphatic carbocycles. The Balaban J connectivity index is 1.69. The first kappa shape index (κ1) is 18.3. The third-order valence-electron chi connectivity index (χ3n) is 3.89. The second kappa shape index (κ2) is 8.29. The summed E-state index contributed by atoms with van der Waals surface area (Å²) in [4.78, 5) is 35.8. The summed E-state index contributed by atoms with van der Waals surface area (Å²) in [6.45, 7) is -0.0342. The Morgan fingerprint density at radius 2 is 1.78 bits per heavy atom. The lowest BCUT2D eigenvalue weighted by atomic mass is 10.1. The van der Waals surface area contributed by atoms with Crippen LogP contribution < -0.4 is 10.9 Å². The summed E-state index contributed by atoms with van der Waals surface area (Å²) < 4.78 is 10.5. The molecular formula is C20H17NO6. The summed E-state index contributed by atoms with van der Waals surface area (Å²) >= 11 is 0. The maximum atomic E-state index is 12.4. The van der Waals surface area contributed by atoms with Crippen molar-refractivity contribution in [3.8, 4) is 0 Å². The van der Waals surface area contributed by atoms with Gasteiger partial charge in [-0.25, -0.2) is 9.59 Å². The smallest absolute Gasteiger partial charge is 0.349 e. The Kier molecular flexibility index (Phi) is 5.63. The van der Waals surface area contributed by atoms with Gasteiger partial charge in [0.1, 0.15) is 11.1 Å². The molecule has 1 unspecified atom stereocenters. The van der Waals surface area contributed by atoms with E-state index in [1.807, 2.05) is 30.3 Å². The van der Waals surface area contributed by atoms with E-state index < -0.39 is 23.5 Å². The standard InChI is InChI=1S/C20H17NO6/c22-18(15-10-14-8-4-5-9-17(14)27-20(15)25)21-16(19(23)24)12-26-11-13-6-2-1-3-7-13/h1-10,16H,11-12H2,(H,21,22)(H,23,24). The fourth-order valence-corrected chi connectivity index (χ4v) is 2.50. The highest BCUT2D eigenvalue weighted by atomic mass is 16.5. The lowest BCUT2D eigenvalue weighted by molar-refractivity contribution is -0.141. The van der Waals surface area contributed by atoms with Crippen molar-refractivity contribution in [3.05, 3.63) is 82.2 Å². The number of carbonyl (C=O) groups excluding carboxylic acids is 1. The zero-order valence-corrected chi connectivity index (χ0v) is 14.3. The minimum Gasteiger partial charge on any atom is -0.480 e. The Morgan fingerprint density at radius 1 is 1.07 bits per heavy atom. The van der Waals surface area contributed by atoms with Gasteiger partial charge < -0.3 is 19.6 Å². The molecule has 7 heteroatoms. The van der Waals surface area contributed by atoms with Crippen molar-refractivity contribution in [1.29, 1.82) is 0 Å². The van der Waals surface area contributed by atoms with Crippen LogP contribution in [0.1, 0.15) is 15.9 Å². The minimum atomic E-state index is -1.30. The van der Waals surface area contributed by atoms with Crippen LogP contribution in [0.25, 0.3) is 11.0 Å². The normalized spacial score (nSPS) is 11.9. The number of fused-ring (bicyclic) bond motifs is 1. The SMILES string of the molecule is O=C(NC(COCc1ccccc1)C(=O)O)c1cc2ccccc2oc1=O. The quantitative estimate of drug-likeness (QED) is 0.620. The predicted molar refractivity (Wildman–Crippen MR) is 97.5 cm³/mol. The first-order chi connectivity index (χ1) is 13.0. The molecule has 27 heavy (non-hydrogen) atoms. The fourth-order valence-electron chi connectivity index (χ4n) is 2.50. The Labute approximate surface area is 154 Å². The zero-order chi connectivity index (χ0) is 19.2. The largest absolute Gasteiger partial charge is 0.480 e. The molecular weight excluding hydrogens is 350 g/mol. The first-order valence-electron chi connectivity index (χ1n) is 8.23. The van der Waals surface area contributed by atoms with Crippen LogP contribution in [0.4, 0.5) is 0 Å². The van der Waals surface area contributed by atoms with Gasteiger partial charge in [-0.1, -0.05) is 48.5 Å². The van der Waals surface area contributed by atoms with Crippen LogP contribution in [0.15, 0.2) is 69.9 Å². The van der Waals surface area contributed by atoms with E-state index in [9.17, 15) is 19.5 Å². The molecule has 1 amide bonds. The van der Waals surface area contributed by atoms with Crippen molar-refractivity contribution in [2.75, 3.05) is 6.61 Å². The van der Waals surface area contributed by atoms with E-state index in [2.05, 4.69) is 5.32 Å². The maximum Gasteiger partial charge on any atom is 0.349 e. The van der Waals surface area contributed by atoms with Gasteiger partial charge in [0.2, 0.25) is 0 Å². The summed E-state index contributed by atoms with van der Waals surface area (Å²) in [5.74, 6) is -2.09. The number of ether oxygens (including phenoxy) is 1. The first-order valence-corrected chi connectivity index (χ1v) is 8.23. The van der Waals surface area contributed by atoms with Crippen LogP contribution in [0.2, 0.25) is 0 Å². The van der Waals surface area contributed by atoms with E-state index in [0.29, 0.717) is 11.0 Å². The Morgan fingerprint density at radius 3 is 2.52 bits per heavy atom. The van der Waals surface area contributed by atoms with Gasteiger partial charge in [0.05, 0.1) is 13.2 Å². The van der Waals surface area contributed by atoms with Crippen LogP contribution in [-0.2, 0) is 16.1 Å². The van der Waals surface area contributed by atoms with Gasteiger partial charge in [-0.3, -0.25) is 4.79 Å². The molecule has 0 bridgehead atoms. The van der Waals surface area contributed by atoms with Crippen LogP contribution in [0.3, 0.4) is 0 Å². The second-order valence-corrected chi connectivity index (χ2v) is 5.85. The van der Waals surface area contributed by atoms with Crippen molar-refractivity contribution in [3.63, 3.8) is 0 Å². The number of carboxylic acid groups (broad SMARTS) is 1. The minimum absolute atomic E-state index is 0.207. The highest BCUT2D eigenvalue weighted by Crippen LogP contribution is 2.12. The van der Waals surface area contributed by atoms with Crippen molar-refractivity contribution in [2.24, 2.45) is 0 Å². The highest BCUT2D eigenvalue weighted by molar-refractivity contribution is 5.98. The van der Waals surface area contributed by atoms with E-state index in [-0.39, 0.29) is 18.8 Å². The third kappa shape index (κ3) is 4.59. The predicted octanol–water partition coefficient (Wildman–Crippen LogP) is 2.19. The lowest BCUT2D eigenvalue weighted by Gasteiger charge is -2.14. The van der Waals surface area contributed by atoms with Gasteiger partial charge >= 0.3 is 11.6 Å². The number of carbonyl (C=O) groups is 2. The number of para-hydroxylation sites is 1. The molecule has 0 aliphatic heterocycles. The van der Waals surface area contributed by atoms with E-state index in [4.69, 9.17) is 9.15 Å². The van der Waals surface area contributed by atoms with Gasteiger partial charge in [0.15, 0.2) is 6.04 Å². The second-order valence-electron chi connectivity index (χ2n) is 5.85. The number of carboxylic acids is 1. The van der Waals surface area contributed by atoms with Gasteiger partial charge in [-0.05, 0) is 17.7 Å². The number of nitrogens with one attached hydrogen (secondary N) is 1. The van der Waals surface area contributed by atoms with Crippen molar-refractivity contribution >= 4 is 22.8 Å². The van der Waals surface area contributed by atoms with Gasteiger partial charge in [-0.15, -0.1) is 0 Å². The molecule has 0 saturated heterocycles. The number of rotatable bonds is 7. The zero-order valence-electron chi connectivity index (χ0n) is 14.3. The van der Waals surface area contributed by atoms with Crippen molar-refractivity contribution < 1.29 is 23.8 Å². The third-order valence-corrected chi connectivity index (χ3v) is 3.89. The van der Waals surface area contributed by atoms with Crippen LogP contribution in [0.5, 0.6) is 0 Å². The van der Waals surface area contributed by atoms with Crippen molar-refractivity contribution in [1.82, 2.24) is 5.32 Å². The van der Waals surface area contributed by atoms with Gasteiger partial charge in [0.25, 0.3) is 5.91 Å². The fraction of sp³-hybridized carbons (Fsp3) is 0.150. The number of amides is 1. The lowest BCUT2D eigenvalue weighted by Crippen LogP contribution is -2.45. The van der Waals surface area contributed by atoms with Gasteiger partial charge in [0, 0.05) is 5.39 Å². The number of benzene rings is 2. The molecule has 0 aliphatic rings. The Bertz CT molecular complexity index is 1010. The Hall–Kier alpha value is -3.45. The molecule has 3 aromatic rings. The van der Waals surface area contributed by atoms with Crippen LogP contribution in [-0.4, -0.2) is 29.6 Å². The summed E-state index contributed by atoms with van der Waals surface area (Å²) in [7, 11) is 0. The summed E-state index contributed by atoms with van der Waals surface area (Å²) in [6, 6.07) is 16.0. The molecule has 138 valence electrons. The van der Waals surface area contributed by atoms with E-state index >= 15 is 0 Å². The monoisotopic (exact) mass is 367 g/mol. The number of aliphatic carboxylic acids is 1. The molecule has 1 heterocycles. The molecule has 1 atom stereocenters. The highest BCUT2D eigenvalue weighted by Gasteiger charge is 2.23. The molecule has 7 nitrogen and oxygen atoms in total. The topological polar surface area (TPSA) is 106 Å². The van der Waals surface area contributed by atoms with Crippen molar-refractivity contribution in [2.45, 2.75) is 12.6 Å². The molecule has 2 aromatic carbocycles. The molecule has 1 aromatic heterocycles. The van der Waals surface area contributed by atoms with Crippen LogP contribution >= 0.6 is 0 Å². The van der Waals surface area contributed by atoms with E-state index in [1.54, 1.807) is 24.3 Å². The molecule has 0 fully saturated rings. The summed E-state index contributed by atoms with van der Waals surface area (Å²) in [5.41, 5.74) is 0.131. The van der Waals surface area contributed by atoms with Gasteiger partial charge in [-0.2, -0.15) is 0 Å². The summed E-state index contributed by atoms with van der Waals surface area (Å²) in [6.07, 6.45) is 0. The molecule has 0 spiro atoms. The average Bonchev–Trinajstić information content (AvgIpc) is 2.67. The number of hydrogen-bond acceptors (Lipinski definition) is 5. The molecule has 3 rings (SSSR count).